The summed E-state index contributed by atoms with van der Waals surface area (Å²) in [5, 5.41) is 10.7. The molecule has 0 saturated heterocycles. The molecule has 5 nitrogen and oxygen atoms in total. The molecule has 1 aliphatic heterocycles. The Balaban J connectivity index is 1.99. The van der Waals surface area contributed by atoms with Gasteiger partial charge in [-0.05, 0) is 18.2 Å². The van der Waals surface area contributed by atoms with Crippen LogP contribution in [-0.4, -0.2) is 33.6 Å². The van der Waals surface area contributed by atoms with E-state index in [9.17, 15) is 5.11 Å². The number of aliphatic imine (C=N–C) groups is 2. The van der Waals surface area contributed by atoms with E-state index in [0.717, 1.165) is 27.0 Å². The lowest BCUT2D eigenvalue weighted by Crippen LogP contribution is -2.07. The molecule has 0 saturated carbocycles. The summed E-state index contributed by atoms with van der Waals surface area (Å²) >= 11 is 3.54. The molecule has 0 atom stereocenters. The molecule has 2 heterocycles. The molecular weight excluding hydrogens is 380 g/mol. The molecule has 4 rings (SSSR count). The third-order valence-electron chi connectivity index (χ3n) is 4.08. The topological polar surface area (TPSA) is 62.8 Å². The van der Waals surface area contributed by atoms with E-state index in [1.807, 2.05) is 48.5 Å². The van der Waals surface area contributed by atoms with Gasteiger partial charge in [-0.25, -0.2) is 4.98 Å². The maximum absolute atomic E-state index is 10.7. The van der Waals surface area contributed by atoms with Crippen molar-refractivity contribution in [2.24, 2.45) is 9.98 Å². The highest BCUT2D eigenvalue weighted by atomic mass is 79.9. The van der Waals surface area contributed by atoms with Crippen LogP contribution in [-0.2, 0) is 6.54 Å². The summed E-state index contributed by atoms with van der Waals surface area (Å²) in [5.41, 5.74) is 4.14. The van der Waals surface area contributed by atoms with Gasteiger partial charge in [0, 0.05) is 22.6 Å². The Morgan fingerprint density at radius 2 is 2.00 bits per heavy atom. The van der Waals surface area contributed by atoms with Gasteiger partial charge in [-0.15, -0.1) is 0 Å². The minimum absolute atomic E-state index is 0.0775. The summed E-state index contributed by atoms with van der Waals surface area (Å²) in [5.74, 6) is 0.760. The number of aromatic nitrogens is 2. The number of hydrogen-bond donors (Lipinski definition) is 1. The van der Waals surface area contributed by atoms with Crippen LogP contribution in [0.5, 0.6) is 5.88 Å². The van der Waals surface area contributed by atoms with Gasteiger partial charge in [0.1, 0.15) is 11.5 Å². The molecule has 0 bridgehead atoms. The van der Waals surface area contributed by atoms with Crippen molar-refractivity contribution in [1.82, 2.24) is 9.55 Å². The van der Waals surface area contributed by atoms with Crippen molar-refractivity contribution in [3.05, 3.63) is 75.6 Å². The predicted octanol–water partition coefficient (Wildman–Crippen LogP) is 3.74. The molecule has 1 N–H and O–H groups in total. The molecule has 1 aliphatic rings. The minimum atomic E-state index is 0.0775. The van der Waals surface area contributed by atoms with E-state index in [0.29, 0.717) is 18.1 Å². The number of benzene rings is 2. The molecule has 0 aliphatic carbocycles. The predicted molar refractivity (Wildman–Crippen MR) is 102 cm³/mol. The van der Waals surface area contributed by atoms with Crippen molar-refractivity contribution in [3.8, 4) is 11.6 Å². The number of hydrogen-bond acceptors (Lipinski definition) is 4. The third-order valence-corrected chi connectivity index (χ3v) is 4.57. The van der Waals surface area contributed by atoms with Gasteiger partial charge in [0.15, 0.2) is 0 Å². The first-order valence-corrected chi connectivity index (χ1v) is 8.61. The standard InChI is InChI=1S/C19H15BrN4O/c1-21-10-15-19(25)24-16-8-7-13(20)9-14(16)18(22-11-17(24)23-15)12-5-3-2-4-6-12/h2-10,25H,11H2,1H3. The van der Waals surface area contributed by atoms with Gasteiger partial charge in [0.25, 0.3) is 0 Å². The van der Waals surface area contributed by atoms with Gasteiger partial charge in [-0.3, -0.25) is 14.6 Å². The van der Waals surface area contributed by atoms with Crippen molar-refractivity contribution in [1.29, 1.82) is 0 Å². The second-order valence-corrected chi connectivity index (χ2v) is 6.57. The fraction of sp³-hybridized carbons (Fsp3) is 0.105. The number of imidazole rings is 1. The maximum atomic E-state index is 10.7. The molecule has 0 fully saturated rings. The third kappa shape index (κ3) is 2.68. The second kappa shape index (κ2) is 6.29. The lowest BCUT2D eigenvalue weighted by Gasteiger charge is -2.13. The van der Waals surface area contributed by atoms with Crippen molar-refractivity contribution >= 4 is 27.9 Å². The average molecular weight is 395 g/mol. The van der Waals surface area contributed by atoms with E-state index in [1.165, 1.54) is 0 Å². The van der Waals surface area contributed by atoms with Crippen molar-refractivity contribution in [2.45, 2.75) is 6.54 Å². The first-order chi connectivity index (χ1) is 12.2. The zero-order valence-corrected chi connectivity index (χ0v) is 15.1. The number of nitrogens with zero attached hydrogens (tertiary/aromatic N) is 4. The van der Waals surface area contributed by atoms with Crippen LogP contribution < -0.4 is 0 Å². The fourth-order valence-electron chi connectivity index (χ4n) is 3.01. The summed E-state index contributed by atoms with van der Waals surface area (Å²) in [4.78, 5) is 13.2. The zero-order valence-electron chi connectivity index (χ0n) is 13.5. The van der Waals surface area contributed by atoms with E-state index in [4.69, 9.17) is 4.99 Å². The summed E-state index contributed by atoms with van der Waals surface area (Å²) in [6, 6.07) is 16.0. The summed E-state index contributed by atoms with van der Waals surface area (Å²) < 4.78 is 2.70. The monoisotopic (exact) mass is 394 g/mol. The normalized spacial score (nSPS) is 13.3. The van der Waals surface area contributed by atoms with E-state index in [2.05, 4.69) is 25.9 Å². The van der Waals surface area contributed by atoms with Gasteiger partial charge in [-0.1, -0.05) is 46.3 Å². The molecule has 2 aromatic carbocycles. The number of fused-ring (bicyclic) bond motifs is 3. The van der Waals surface area contributed by atoms with Crippen LogP contribution in [0.15, 0.2) is 63.0 Å². The Kier molecular flexibility index (Phi) is 3.97. The lowest BCUT2D eigenvalue weighted by atomic mass is 10.0. The molecule has 6 heteroatoms. The van der Waals surface area contributed by atoms with E-state index < -0.39 is 0 Å². The molecule has 3 aromatic rings. The van der Waals surface area contributed by atoms with E-state index in [1.54, 1.807) is 17.8 Å². The van der Waals surface area contributed by atoms with Crippen LogP contribution in [0.25, 0.3) is 5.69 Å². The van der Waals surface area contributed by atoms with Crippen LogP contribution in [0, 0.1) is 0 Å². The van der Waals surface area contributed by atoms with Crippen molar-refractivity contribution < 1.29 is 5.11 Å². The summed E-state index contributed by atoms with van der Waals surface area (Å²) in [6.07, 6.45) is 1.55. The van der Waals surface area contributed by atoms with Crippen LogP contribution in [0.1, 0.15) is 22.6 Å². The number of halogens is 1. The van der Waals surface area contributed by atoms with Gasteiger partial charge in [-0.2, -0.15) is 0 Å². The van der Waals surface area contributed by atoms with E-state index >= 15 is 0 Å². The highest BCUT2D eigenvalue weighted by Crippen LogP contribution is 2.32. The minimum Gasteiger partial charge on any atom is -0.493 e. The molecule has 0 spiro atoms. The zero-order chi connectivity index (χ0) is 17.4. The highest BCUT2D eigenvalue weighted by Gasteiger charge is 2.24. The Bertz CT molecular complexity index is 1010. The maximum Gasteiger partial charge on any atom is 0.225 e. The van der Waals surface area contributed by atoms with Crippen LogP contribution in [0.4, 0.5) is 0 Å². The molecule has 124 valence electrons. The average Bonchev–Trinajstić information content (AvgIpc) is 2.84. The van der Waals surface area contributed by atoms with Crippen LogP contribution in [0.3, 0.4) is 0 Å². The summed E-state index contributed by atoms with van der Waals surface area (Å²) in [7, 11) is 1.65. The molecule has 0 amide bonds. The van der Waals surface area contributed by atoms with Crippen LogP contribution in [0.2, 0.25) is 0 Å². The molecule has 25 heavy (non-hydrogen) atoms. The highest BCUT2D eigenvalue weighted by molar-refractivity contribution is 9.10. The van der Waals surface area contributed by atoms with Gasteiger partial charge >= 0.3 is 0 Å². The quantitative estimate of drug-likeness (QED) is 0.672. The lowest BCUT2D eigenvalue weighted by molar-refractivity contribution is 0.439. The molecule has 1 aromatic heterocycles. The Labute approximate surface area is 153 Å². The number of rotatable bonds is 2. The first kappa shape index (κ1) is 15.8. The van der Waals surface area contributed by atoms with Crippen LogP contribution >= 0.6 is 15.9 Å². The van der Waals surface area contributed by atoms with E-state index in [-0.39, 0.29) is 5.88 Å². The van der Waals surface area contributed by atoms with Gasteiger partial charge < -0.3 is 5.11 Å². The van der Waals surface area contributed by atoms with Gasteiger partial charge in [0.05, 0.1) is 24.2 Å². The fourth-order valence-corrected chi connectivity index (χ4v) is 3.38. The Morgan fingerprint density at radius 3 is 2.76 bits per heavy atom. The van der Waals surface area contributed by atoms with Crippen molar-refractivity contribution in [2.75, 3.05) is 7.05 Å². The summed E-state index contributed by atoms with van der Waals surface area (Å²) in [6.45, 7) is 0.377. The molecule has 0 radical (unpaired) electrons. The second-order valence-electron chi connectivity index (χ2n) is 5.65. The number of aromatic hydroxyl groups is 1. The smallest absolute Gasteiger partial charge is 0.225 e. The molecule has 0 unspecified atom stereocenters. The Hall–Kier alpha value is -2.73. The first-order valence-electron chi connectivity index (χ1n) is 7.82. The van der Waals surface area contributed by atoms with Crippen molar-refractivity contribution in [3.63, 3.8) is 0 Å². The molecular formula is C19H15BrN4O. The van der Waals surface area contributed by atoms with Gasteiger partial charge in [0.2, 0.25) is 5.88 Å². The largest absolute Gasteiger partial charge is 0.493 e. The SMILES string of the molecule is CN=Cc1nc2n(c1O)-c1ccc(Br)cc1C(c1ccccc1)=NC2. The Morgan fingerprint density at radius 1 is 1.20 bits per heavy atom.